The van der Waals surface area contributed by atoms with Crippen LogP contribution < -0.4 is 5.73 Å². The molecule has 7 heteroatoms. The van der Waals surface area contributed by atoms with Gasteiger partial charge in [-0.1, -0.05) is 0 Å². The molecule has 2 aromatic heterocycles. The molecule has 6 nitrogen and oxygen atoms in total. The number of aromatic amines is 1. The van der Waals surface area contributed by atoms with E-state index in [9.17, 15) is 9.18 Å². The first-order valence-electron chi connectivity index (χ1n) is 8.73. The van der Waals surface area contributed by atoms with Gasteiger partial charge in [0.2, 0.25) is 0 Å². The number of piperidine rings is 1. The molecule has 1 fully saturated rings. The van der Waals surface area contributed by atoms with Crippen LogP contribution in [0.15, 0.2) is 36.7 Å². The molecule has 1 amide bonds. The van der Waals surface area contributed by atoms with E-state index in [0.29, 0.717) is 35.8 Å². The molecule has 0 saturated carbocycles. The molecule has 1 saturated heterocycles. The van der Waals surface area contributed by atoms with E-state index in [4.69, 9.17) is 5.73 Å². The number of nitrogens with zero attached hydrogens (tertiary/aromatic N) is 3. The zero-order chi connectivity index (χ0) is 18.1. The Morgan fingerprint density at radius 1 is 1.31 bits per heavy atom. The van der Waals surface area contributed by atoms with Crippen molar-refractivity contribution >= 4 is 22.6 Å². The number of rotatable bonds is 3. The molecule has 1 aromatic carbocycles. The van der Waals surface area contributed by atoms with Gasteiger partial charge in [0.1, 0.15) is 17.3 Å². The zero-order valence-electron chi connectivity index (χ0n) is 14.3. The monoisotopic (exact) mass is 353 g/mol. The van der Waals surface area contributed by atoms with E-state index in [-0.39, 0.29) is 11.7 Å². The number of hydrogen-bond donors (Lipinski definition) is 2. The summed E-state index contributed by atoms with van der Waals surface area (Å²) in [5.41, 5.74) is 7.92. The van der Waals surface area contributed by atoms with Gasteiger partial charge in [-0.2, -0.15) is 0 Å². The summed E-state index contributed by atoms with van der Waals surface area (Å²) in [6, 6.07) is 6.18. The molecule has 26 heavy (non-hydrogen) atoms. The molecule has 0 bridgehead atoms. The van der Waals surface area contributed by atoms with Gasteiger partial charge in [-0.25, -0.2) is 9.37 Å². The van der Waals surface area contributed by atoms with Crippen LogP contribution in [0.25, 0.3) is 10.9 Å². The number of halogens is 1. The highest BCUT2D eigenvalue weighted by molar-refractivity contribution is 5.98. The normalized spacial score (nSPS) is 17.6. The van der Waals surface area contributed by atoms with Crippen LogP contribution in [-0.2, 0) is 6.42 Å². The smallest absolute Gasteiger partial charge is 0.270 e. The minimum atomic E-state index is -0.310. The summed E-state index contributed by atoms with van der Waals surface area (Å²) in [6.45, 7) is 1.37. The summed E-state index contributed by atoms with van der Waals surface area (Å²) < 4.78 is 13.4. The average molecular weight is 353 g/mol. The number of aromatic nitrogens is 3. The fourth-order valence-electron chi connectivity index (χ4n) is 3.61. The summed E-state index contributed by atoms with van der Waals surface area (Å²) in [7, 11) is 0. The van der Waals surface area contributed by atoms with Gasteiger partial charge in [0.05, 0.1) is 5.69 Å². The van der Waals surface area contributed by atoms with Crippen LogP contribution in [0, 0.1) is 11.7 Å². The highest BCUT2D eigenvalue weighted by atomic mass is 19.1. The van der Waals surface area contributed by atoms with E-state index in [1.54, 1.807) is 24.5 Å². The fourth-order valence-corrected chi connectivity index (χ4v) is 3.61. The van der Waals surface area contributed by atoms with Crippen LogP contribution in [0.1, 0.15) is 29.0 Å². The lowest BCUT2D eigenvalue weighted by molar-refractivity contribution is 0.0668. The van der Waals surface area contributed by atoms with Crippen molar-refractivity contribution in [2.24, 2.45) is 5.92 Å². The maximum Gasteiger partial charge on any atom is 0.270 e. The Morgan fingerprint density at radius 3 is 3.00 bits per heavy atom. The van der Waals surface area contributed by atoms with Crippen molar-refractivity contribution in [3.8, 4) is 0 Å². The first-order chi connectivity index (χ1) is 12.6. The lowest BCUT2D eigenvalue weighted by Gasteiger charge is -2.32. The number of anilines is 1. The van der Waals surface area contributed by atoms with Crippen molar-refractivity contribution in [2.45, 2.75) is 19.3 Å². The number of amides is 1. The van der Waals surface area contributed by atoms with Crippen LogP contribution in [0.4, 0.5) is 10.2 Å². The van der Waals surface area contributed by atoms with E-state index in [1.807, 2.05) is 4.90 Å². The van der Waals surface area contributed by atoms with Gasteiger partial charge >= 0.3 is 0 Å². The number of benzene rings is 1. The number of H-pyrrole nitrogens is 1. The number of carbonyl (C=O) groups excluding carboxylic acids is 1. The molecule has 3 N–H and O–H groups in total. The quantitative estimate of drug-likeness (QED) is 0.758. The summed E-state index contributed by atoms with van der Waals surface area (Å²) in [5, 5.41) is 0.703. The van der Waals surface area contributed by atoms with Crippen molar-refractivity contribution in [1.29, 1.82) is 0 Å². The number of nitrogen functional groups attached to an aromatic ring is 1. The SMILES string of the molecule is Nc1nccnc1C[C@H]1CCCN(C(=O)c2cc3cc(F)ccc3[nH]2)C1. The minimum absolute atomic E-state index is 0.0570. The Balaban J connectivity index is 1.49. The zero-order valence-corrected chi connectivity index (χ0v) is 14.3. The van der Waals surface area contributed by atoms with E-state index < -0.39 is 0 Å². The van der Waals surface area contributed by atoms with Crippen molar-refractivity contribution in [2.75, 3.05) is 18.8 Å². The largest absolute Gasteiger partial charge is 0.382 e. The van der Waals surface area contributed by atoms with Crippen molar-refractivity contribution in [1.82, 2.24) is 19.9 Å². The molecule has 1 aliphatic rings. The molecule has 0 unspecified atom stereocenters. The van der Waals surface area contributed by atoms with E-state index in [1.165, 1.54) is 12.1 Å². The second-order valence-corrected chi connectivity index (χ2v) is 6.77. The van der Waals surface area contributed by atoms with Crippen LogP contribution in [-0.4, -0.2) is 38.8 Å². The molecular weight excluding hydrogens is 333 g/mol. The average Bonchev–Trinajstić information content (AvgIpc) is 3.06. The third-order valence-corrected chi connectivity index (χ3v) is 4.91. The predicted octanol–water partition coefficient (Wildman–Crippen LogP) is 2.77. The van der Waals surface area contributed by atoms with Gasteiger partial charge in [-0.15, -0.1) is 0 Å². The number of carbonyl (C=O) groups is 1. The topological polar surface area (TPSA) is 87.9 Å². The number of fused-ring (bicyclic) bond motifs is 1. The lowest BCUT2D eigenvalue weighted by Crippen LogP contribution is -2.40. The van der Waals surface area contributed by atoms with Gasteiger partial charge in [-0.3, -0.25) is 9.78 Å². The van der Waals surface area contributed by atoms with Crippen molar-refractivity contribution < 1.29 is 9.18 Å². The number of nitrogens with one attached hydrogen (secondary N) is 1. The molecule has 0 radical (unpaired) electrons. The van der Waals surface area contributed by atoms with Gasteiger partial charge in [0, 0.05) is 36.4 Å². The summed E-state index contributed by atoms with van der Waals surface area (Å²) >= 11 is 0. The summed E-state index contributed by atoms with van der Waals surface area (Å²) in [5.74, 6) is 0.385. The molecule has 0 aliphatic carbocycles. The Kier molecular flexibility index (Phi) is 4.28. The van der Waals surface area contributed by atoms with Gasteiger partial charge in [-0.05, 0) is 49.4 Å². The highest BCUT2D eigenvalue weighted by Crippen LogP contribution is 2.24. The Bertz CT molecular complexity index is 954. The Morgan fingerprint density at radius 2 is 2.15 bits per heavy atom. The van der Waals surface area contributed by atoms with Crippen molar-refractivity contribution in [3.63, 3.8) is 0 Å². The molecule has 3 heterocycles. The summed E-state index contributed by atoms with van der Waals surface area (Å²) in [6.07, 6.45) is 5.89. The van der Waals surface area contributed by atoms with Gasteiger partial charge in [0.25, 0.3) is 5.91 Å². The van der Waals surface area contributed by atoms with Crippen LogP contribution in [0.3, 0.4) is 0 Å². The molecule has 1 aliphatic heterocycles. The molecule has 3 aromatic rings. The fraction of sp³-hybridized carbons (Fsp3) is 0.316. The second kappa shape index (κ2) is 6.74. The molecule has 4 rings (SSSR count). The van der Waals surface area contributed by atoms with Crippen LogP contribution >= 0.6 is 0 Å². The van der Waals surface area contributed by atoms with E-state index in [2.05, 4.69) is 15.0 Å². The van der Waals surface area contributed by atoms with Crippen LogP contribution in [0.5, 0.6) is 0 Å². The molecular formula is C19H20FN5O. The summed E-state index contributed by atoms with van der Waals surface area (Å²) in [4.78, 5) is 26.2. The van der Waals surface area contributed by atoms with Crippen molar-refractivity contribution in [3.05, 3.63) is 53.9 Å². The highest BCUT2D eigenvalue weighted by Gasteiger charge is 2.26. The molecule has 134 valence electrons. The lowest BCUT2D eigenvalue weighted by atomic mass is 9.93. The first kappa shape index (κ1) is 16.5. The standard InChI is InChI=1S/C19H20FN5O/c20-14-3-4-15-13(9-14)10-17(24-15)19(26)25-7-1-2-12(11-25)8-16-18(21)23-6-5-22-16/h3-6,9-10,12,24H,1-2,7-8,11H2,(H2,21,23)/t12-/m1/s1. The van der Waals surface area contributed by atoms with Gasteiger partial charge < -0.3 is 15.6 Å². The number of hydrogen-bond acceptors (Lipinski definition) is 4. The third-order valence-electron chi connectivity index (χ3n) is 4.91. The van der Waals surface area contributed by atoms with E-state index in [0.717, 1.165) is 30.6 Å². The first-order valence-corrected chi connectivity index (χ1v) is 8.73. The second-order valence-electron chi connectivity index (χ2n) is 6.77. The predicted molar refractivity (Wildman–Crippen MR) is 97.0 cm³/mol. The Labute approximate surface area is 150 Å². The third kappa shape index (κ3) is 3.24. The van der Waals surface area contributed by atoms with Crippen LogP contribution in [0.2, 0.25) is 0 Å². The molecule has 1 atom stereocenters. The number of likely N-dealkylation sites (tertiary alicyclic amines) is 1. The van der Waals surface area contributed by atoms with E-state index >= 15 is 0 Å². The van der Waals surface area contributed by atoms with Gasteiger partial charge in [0.15, 0.2) is 0 Å². The molecule has 0 spiro atoms. The number of nitrogens with two attached hydrogens (primary N) is 1. The maximum atomic E-state index is 13.4. The minimum Gasteiger partial charge on any atom is -0.382 e. The maximum absolute atomic E-state index is 13.4. The Hall–Kier alpha value is -2.96.